The molecule has 5 N–H and O–H groups in total. The molecule has 1 saturated carbocycles. The summed E-state index contributed by atoms with van der Waals surface area (Å²) in [7, 11) is 0. The fourth-order valence-electron chi connectivity index (χ4n) is 8.46. The van der Waals surface area contributed by atoms with Gasteiger partial charge >= 0.3 is 0 Å². The Bertz CT molecular complexity index is 1970. The number of nitrogens with zero attached hydrogens (tertiary/aromatic N) is 2. The Morgan fingerprint density at radius 1 is 0.671 bits per heavy atom. The third-order valence-corrected chi connectivity index (χ3v) is 13.8. The molecule has 22 nitrogen and oxygen atoms in total. The van der Waals surface area contributed by atoms with Crippen LogP contribution < -0.4 is 26.6 Å². The molecule has 2 saturated heterocycles. The lowest BCUT2D eigenvalue weighted by atomic mass is 9.81. The Morgan fingerprint density at radius 3 is 1.90 bits per heavy atom. The van der Waals surface area contributed by atoms with Crippen molar-refractivity contribution in [2.75, 3.05) is 117 Å². The molecule has 9 amide bonds. The zero-order valence-corrected chi connectivity index (χ0v) is 42.5. The van der Waals surface area contributed by atoms with Gasteiger partial charge in [0.15, 0.2) is 0 Å². The predicted molar refractivity (Wildman–Crippen MR) is 266 cm³/mol. The third-order valence-electron chi connectivity index (χ3n) is 12.5. The van der Waals surface area contributed by atoms with E-state index in [0.29, 0.717) is 123 Å². The maximum Gasteiger partial charge on any atom is 0.253 e. The number of nitrogens with one attached hydrogen (secondary N) is 5. The van der Waals surface area contributed by atoms with E-state index in [0.717, 1.165) is 30.6 Å². The first-order chi connectivity index (χ1) is 35.5. The van der Waals surface area contributed by atoms with Crippen LogP contribution in [0.15, 0.2) is 42.5 Å². The van der Waals surface area contributed by atoms with Crippen molar-refractivity contribution in [3.63, 3.8) is 0 Å². The monoisotopic (exact) mass is 1040 g/mol. The smallest absolute Gasteiger partial charge is 0.253 e. The number of para-hydroxylation sites is 1. The van der Waals surface area contributed by atoms with Gasteiger partial charge in [-0.25, -0.2) is 0 Å². The van der Waals surface area contributed by atoms with Crippen LogP contribution in [0.4, 0.5) is 5.69 Å². The molecule has 5 rings (SSSR count). The van der Waals surface area contributed by atoms with Crippen molar-refractivity contribution in [2.24, 2.45) is 11.8 Å². The number of anilines is 1. The van der Waals surface area contributed by atoms with E-state index in [1.807, 2.05) is 18.2 Å². The zero-order valence-electron chi connectivity index (χ0n) is 41.7. The number of benzene rings is 1. The average molecular weight is 1040 g/mol. The first kappa shape index (κ1) is 58.6. The number of thioether (sulfide) groups is 1. The maximum absolute atomic E-state index is 13.3. The number of likely N-dealkylation sites (tertiary alicyclic amines) is 1. The lowest BCUT2D eigenvalue weighted by molar-refractivity contribution is -0.140. The van der Waals surface area contributed by atoms with Crippen LogP contribution in [0.1, 0.15) is 70.6 Å². The third kappa shape index (κ3) is 22.0. The summed E-state index contributed by atoms with van der Waals surface area (Å²) >= 11 is 1.48. The lowest BCUT2D eigenvalue weighted by Gasteiger charge is -2.30. The zero-order chi connectivity index (χ0) is 52.0. The van der Waals surface area contributed by atoms with Gasteiger partial charge in [-0.1, -0.05) is 31.0 Å². The fourth-order valence-corrected chi connectivity index (χ4v) is 9.65. The molecule has 0 radical (unpaired) electrons. The van der Waals surface area contributed by atoms with Crippen LogP contribution in [0.5, 0.6) is 0 Å². The Morgan fingerprint density at radius 2 is 1.29 bits per heavy atom. The van der Waals surface area contributed by atoms with Gasteiger partial charge in [-0.3, -0.25) is 53.0 Å². The average Bonchev–Trinajstić information content (AvgIpc) is 4.05. The maximum atomic E-state index is 13.3. The minimum atomic E-state index is -0.777. The van der Waals surface area contributed by atoms with E-state index in [4.69, 9.17) is 28.4 Å². The Hall–Kier alpha value is -5.30. The summed E-state index contributed by atoms with van der Waals surface area (Å²) in [5.41, 5.74) is 0.619. The largest absolute Gasteiger partial charge is 0.377 e. The minimum absolute atomic E-state index is 0.0132. The second-order valence-electron chi connectivity index (χ2n) is 18.0. The SMILES string of the molecule is O=C(COCCOCCOCCOCCOCCOCCNC(=O)C1CCC(CN2C(=O)CC(SCCCCCC(NC(=O)C3CCC(=O)N3)C(=O)Nc3ccccc3)C2=O)CC1)NCCN1C(=O)C=CC1=O. The Balaban J connectivity index is 0.786. The van der Waals surface area contributed by atoms with Crippen molar-refractivity contribution in [2.45, 2.75) is 88.0 Å². The molecule has 3 aliphatic heterocycles. The normalized spacial score (nSPS) is 20.1. The molecule has 3 heterocycles. The molecule has 3 atom stereocenters. The number of amides is 9. The lowest BCUT2D eigenvalue weighted by Crippen LogP contribution is -2.50. The number of unbranched alkanes of at least 4 members (excludes halogenated alkanes) is 2. The molecule has 404 valence electrons. The molecule has 1 aromatic carbocycles. The topological polar surface area (TPSA) is 276 Å². The molecule has 0 aromatic heterocycles. The van der Waals surface area contributed by atoms with Crippen molar-refractivity contribution in [3.05, 3.63) is 42.5 Å². The van der Waals surface area contributed by atoms with E-state index >= 15 is 0 Å². The number of imide groups is 2. The van der Waals surface area contributed by atoms with E-state index in [-0.39, 0.29) is 92.3 Å². The van der Waals surface area contributed by atoms with Crippen LogP contribution in [-0.2, 0) is 71.6 Å². The highest BCUT2D eigenvalue weighted by atomic mass is 32.2. The second-order valence-corrected chi connectivity index (χ2v) is 19.3. The molecular formula is C50H73N7O15S. The quantitative estimate of drug-likeness (QED) is 0.0457. The Kier molecular flexibility index (Phi) is 26.9. The van der Waals surface area contributed by atoms with Crippen molar-refractivity contribution >= 4 is 70.6 Å². The summed E-state index contributed by atoms with van der Waals surface area (Å²) in [4.78, 5) is 114. The van der Waals surface area contributed by atoms with Crippen LogP contribution in [0.3, 0.4) is 0 Å². The molecule has 3 unspecified atom stereocenters. The van der Waals surface area contributed by atoms with Crippen LogP contribution in [0.2, 0.25) is 0 Å². The summed E-state index contributed by atoms with van der Waals surface area (Å²) in [5.74, 6) is -1.64. The molecule has 23 heteroatoms. The molecule has 4 aliphatic rings. The highest BCUT2D eigenvalue weighted by Crippen LogP contribution is 2.33. The van der Waals surface area contributed by atoms with Crippen LogP contribution in [-0.4, -0.2) is 192 Å². The molecule has 1 aliphatic carbocycles. The summed E-state index contributed by atoms with van der Waals surface area (Å²) in [6, 6.07) is 7.56. The van der Waals surface area contributed by atoms with Gasteiger partial charge in [0.25, 0.3) is 11.8 Å². The minimum Gasteiger partial charge on any atom is -0.377 e. The highest BCUT2D eigenvalue weighted by Gasteiger charge is 2.40. The summed E-state index contributed by atoms with van der Waals surface area (Å²) in [6.45, 7) is 4.82. The number of hydrogen-bond donors (Lipinski definition) is 5. The van der Waals surface area contributed by atoms with Gasteiger partial charge in [0.2, 0.25) is 41.4 Å². The standard InChI is InChI=1S/C50H73N7O15S/c58-42-15-14-40(54-42)49(65)55-39(48(64)53-38-7-3-1-4-8-38)9-5-2-6-32-73-41-33-46(62)57(50(41)66)34-36-10-12-37(13-11-36)47(63)52-19-21-67-22-23-68-24-25-69-26-27-70-28-29-71-30-31-72-35-43(59)51-18-20-56-44(60)16-17-45(56)61/h1,3-4,7-8,16-17,36-37,39-41H,2,5-6,9-15,18-35H2,(H,51,59)(H,52,63)(H,53,64)(H,54,58)(H,55,65). The number of hydrogen-bond acceptors (Lipinski definition) is 16. The van der Waals surface area contributed by atoms with Gasteiger partial charge in [0.1, 0.15) is 18.7 Å². The summed E-state index contributed by atoms with van der Waals surface area (Å²) < 4.78 is 32.7. The van der Waals surface area contributed by atoms with Crippen LogP contribution in [0, 0.1) is 11.8 Å². The Labute approximate surface area is 430 Å². The number of ether oxygens (including phenoxy) is 6. The van der Waals surface area contributed by atoms with Crippen molar-refractivity contribution < 1.29 is 71.6 Å². The first-order valence-corrected chi connectivity index (χ1v) is 26.5. The van der Waals surface area contributed by atoms with Crippen molar-refractivity contribution in [3.8, 4) is 0 Å². The number of rotatable bonds is 37. The predicted octanol–water partition coefficient (Wildman–Crippen LogP) is 0.873. The van der Waals surface area contributed by atoms with Gasteiger partial charge in [-0.05, 0) is 68.7 Å². The van der Waals surface area contributed by atoms with E-state index in [1.54, 1.807) is 12.1 Å². The number of carbonyl (C=O) groups is 9. The molecule has 0 spiro atoms. The van der Waals surface area contributed by atoms with E-state index in [1.165, 1.54) is 28.8 Å². The van der Waals surface area contributed by atoms with E-state index < -0.39 is 29.1 Å². The summed E-state index contributed by atoms with van der Waals surface area (Å²) in [6.07, 6.45) is 8.72. The molecular weight excluding hydrogens is 971 g/mol. The van der Waals surface area contributed by atoms with E-state index in [9.17, 15) is 43.2 Å². The van der Waals surface area contributed by atoms with Crippen molar-refractivity contribution in [1.29, 1.82) is 0 Å². The highest BCUT2D eigenvalue weighted by molar-refractivity contribution is 8.00. The second kappa shape index (κ2) is 33.5. The van der Waals surface area contributed by atoms with Gasteiger partial charge < -0.3 is 55.0 Å². The van der Waals surface area contributed by atoms with Crippen LogP contribution in [0.25, 0.3) is 0 Å². The fraction of sp³-hybridized carbons (Fsp3) is 0.660. The number of carbonyl (C=O) groups excluding carboxylic acids is 9. The van der Waals surface area contributed by atoms with Crippen molar-refractivity contribution in [1.82, 2.24) is 31.1 Å². The van der Waals surface area contributed by atoms with Gasteiger partial charge in [-0.2, -0.15) is 0 Å². The van der Waals surface area contributed by atoms with Gasteiger partial charge in [0.05, 0.1) is 77.9 Å². The molecule has 1 aromatic rings. The van der Waals surface area contributed by atoms with Gasteiger partial charge in [0, 0.05) is 62.8 Å². The molecule has 73 heavy (non-hydrogen) atoms. The van der Waals surface area contributed by atoms with Gasteiger partial charge in [-0.15, -0.1) is 11.8 Å². The first-order valence-electron chi connectivity index (χ1n) is 25.4. The molecule has 3 fully saturated rings. The summed E-state index contributed by atoms with van der Waals surface area (Å²) in [5, 5.41) is 13.4. The van der Waals surface area contributed by atoms with E-state index in [2.05, 4.69) is 26.6 Å². The molecule has 0 bridgehead atoms. The van der Waals surface area contributed by atoms with Crippen LogP contribution >= 0.6 is 11.8 Å².